The van der Waals surface area contributed by atoms with E-state index in [2.05, 4.69) is 0 Å². The summed E-state index contributed by atoms with van der Waals surface area (Å²) in [6.07, 6.45) is 4.38. The molecule has 166 valence electrons. The molecule has 4 N–H and O–H groups in total. The highest BCUT2D eigenvalue weighted by Gasteiger charge is 2.24. The van der Waals surface area contributed by atoms with Crippen molar-refractivity contribution in [3.63, 3.8) is 0 Å². The minimum absolute atomic E-state index is 0.136. The first-order valence-electron chi connectivity index (χ1n) is 9.84. The molecule has 0 fully saturated rings. The maximum atomic E-state index is 12.4. The van der Waals surface area contributed by atoms with E-state index in [4.69, 9.17) is 38.7 Å². The number of Topliss-reactive ketones (excluding diaryl/α,β-unsaturated/α-hetero) is 1. The third-order valence-electron chi connectivity index (χ3n) is 4.96. The highest BCUT2D eigenvalue weighted by molar-refractivity contribution is 7.51. The van der Waals surface area contributed by atoms with E-state index in [1.54, 1.807) is 13.0 Å². The van der Waals surface area contributed by atoms with Crippen molar-refractivity contribution in [2.24, 2.45) is 5.73 Å². The number of rotatable bonds is 12. The molecule has 1 aromatic carbocycles. The Hall–Kier alpha value is -0.720. The Labute approximate surface area is 191 Å². The lowest BCUT2D eigenvalue weighted by Crippen LogP contribution is -2.37. The molecule has 5 nitrogen and oxygen atoms in total. The van der Waals surface area contributed by atoms with Crippen LogP contribution in [0, 0.1) is 0 Å². The summed E-state index contributed by atoms with van der Waals surface area (Å²) in [4.78, 5) is 32.3. The molecule has 2 rings (SSSR count). The molecule has 9 heteroatoms. The van der Waals surface area contributed by atoms with Crippen molar-refractivity contribution in [2.45, 2.75) is 57.4 Å². The summed E-state index contributed by atoms with van der Waals surface area (Å²) in [6, 6.07) is 9.39. The molecular weight excluding hydrogens is 464 g/mol. The first kappa shape index (κ1) is 25.5. The summed E-state index contributed by atoms with van der Waals surface area (Å²) >= 11 is 13.4. The molecule has 1 aromatic heterocycles. The molecule has 0 saturated carbocycles. The second-order valence-electron chi connectivity index (χ2n) is 7.94. The standard InChI is InChI=1S/C21H28Cl2NO4PS/c1-21(24,12-13-29(26,27)28)11-10-16-7-9-20(30-16)19(25)5-3-2-4-15-6-8-17(22)18(23)14-15/h6-9,14H,2-5,10-13,24H2,1H3,(H2,26,27,28). The van der Waals surface area contributed by atoms with Crippen molar-refractivity contribution < 1.29 is 19.1 Å². The average Bonchev–Trinajstić information content (AvgIpc) is 3.14. The molecule has 0 radical (unpaired) electrons. The van der Waals surface area contributed by atoms with Crippen LogP contribution < -0.4 is 5.73 Å². The lowest BCUT2D eigenvalue weighted by Gasteiger charge is -2.24. The monoisotopic (exact) mass is 491 g/mol. The molecule has 1 heterocycles. The van der Waals surface area contributed by atoms with Crippen LogP contribution in [0.5, 0.6) is 0 Å². The van der Waals surface area contributed by atoms with E-state index >= 15 is 0 Å². The summed E-state index contributed by atoms with van der Waals surface area (Å²) in [5.41, 5.74) is 6.62. The van der Waals surface area contributed by atoms with Crippen LogP contribution in [0.3, 0.4) is 0 Å². The SMILES string of the molecule is CC(N)(CCc1ccc(C(=O)CCCCc2ccc(Cl)c(Cl)c2)s1)CCP(=O)(O)O. The third kappa shape index (κ3) is 9.19. The van der Waals surface area contributed by atoms with Gasteiger partial charge in [-0.3, -0.25) is 9.36 Å². The molecular formula is C21H28Cl2NO4PS. The Morgan fingerprint density at radius 3 is 2.50 bits per heavy atom. The first-order valence-corrected chi connectivity index (χ1v) is 13.2. The zero-order valence-electron chi connectivity index (χ0n) is 16.9. The topological polar surface area (TPSA) is 101 Å². The van der Waals surface area contributed by atoms with Crippen LogP contribution in [0.2, 0.25) is 10.0 Å². The molecule has 0 saturated heterocycles. The Bertz CT molecular complexity index is 910. The smallest absolute Gasteiger partial charge is 0.325 e. The zero-order chi connectivity index (χ0) is 22.4. The Morgan fingerprint density at radius 1 is 1.10 bits per heavy atom. The van der Waals surface area contributed by atoms with E-state index in [1.807, 2.05) is 24.3 Å². The van der Waals surface area contributed by atoms with Gasteiger partial charge in [0.15, 0.2) is 5.78 Å². The molecule has 2 aromatic rings. The highest BCUT2D eigenvalue weighted by Crippen LogP contribution is 2.37. The van der Waals surface area contributed by atoms with Crippen molar-refractivity contribution in [2.75, 3.05) is 6.16 Å². The Morgan fingerprint density at radius 2 is 1.83 bits per heavy atom. The number of aryl methyl sites for hydroxylation is 2. The fourth-order valence-corrected chi connectivity index (χ4v) is 5.13. The normalized spacial score (nSPS) is 13.9. The van der Waals surface area contributed by atoms with Gasteiger partial charge in [-0.15, -0.1) is 11.3 Å². The van der Waals surface area contributed by atoms with Crippen LogP contribution in [-0.4, -0.2) is 27.3 Å². The number of unbranched alkanes of at least 4 members (excludes halogenated alkanes) is 1. The minimum Gasteiger partial charge on any atom is -0.325 e. The minimum atomic E-state index is -4.04. The molecule has 0 amide bonds. The van der Waals surface area contributed by atoms with E-state index < -0.39 is 13.1 Å². The van der Waals surface area contributed by atoms with Crippen molar-refractivity contribution in [1.29, 1.82) is 0 Å². The number of hydrogen-bond acceptors (Lipinski definition) is 4. The van der Waals surface area contributed by atoms with Crippen LogP contribution in [0.15, 0.2) is 30.3 Å². The predicted molar refractivity (Wildman–Crippen MR) is 125 cm³/mol. The third-order valence-corrected chi connectivity index (χ3v) is 7.69. The number of carbonyl (C=O) groups excluding carboxylic acids is 1. The highest BCUT2D eigenvalue weighted by atomic mass is 35.5. The van der Waals surface area contributed by atoms with E-state index in [-0.39, 0.29) is 18.4 Å². The summed E-state index contributed by atoms with van der Waals surface area (Å²) in [7, 11) is -4.04. The van der Waals surface area contributed by atoms with Crippen LogP contribution in [-0.2, 0) is 17.4 Å². The van der Waals surface area contributed by atoms with Crippen LogP contribution in [0.1, 0.15) is 59.1 Å². The van der Waals surface area contributed by atoms with Gasteiger partial charge in [0.25, 0.3) is 0 Å². The number of thiophene rings is 1. The predicted octanol–water partition coefficient (Wildman–Crippen LogP) is 5.87. The van der Waals surface area contributed by atoms with Crippen molar-refractivity contribution in [3.8, 4) is 0 Å². The largest absolute Gasteiger partial charge is 0.325 e. The average molecular weight is 492 g/mol. The van der Waals surface area contributed by atoms with Gasteiger partial charge < -0.3 is 15.5 Å². The second-order valence-corrected chi connectivity index (χ2v) is 11.7. The van der Waals surface area contributed by atoms with Gasteiger partial charge in [0.2, 0.25) is 0 Å². The first-order chi connectivity index (χ1) is 14.0. The van der Waals surface area contributed by atoms with E-state index in [1.165, 1.54) is 11.3 Å². The van der Waals surface area contributed by atoms with Gasteiger partial charge >= 0.3 is 7.60 Å². The fraction of sp³-hybridized carbons (Fsp3) is 0.476. The van der Waals surface area contributed by atoms with Crippen molar-refractivity contribution in [1.82, 2.24) is 0 Å². The molecule has 0 aliphatic carbocycles. The Balaban J connectivity index is 1.74. The molecule has 1 unspecified atom stereocenters. The van der Waals surface area contributed by atoms with E-state index in [0.29, 0.717) is 29.3 Å². The van der Waals surface area contributed by atoms with Crippen molar-refractivity contribution in [3.05, 3.63) is 55.7 Å². The summed E-state index contributed by atoms with van der Waals surface area (Å²) < 4.78 is 11.0. The molecule has 1 atom stereocenters. The molecule has 30 heavy (non-hydrogen) atoms. The van der Waals surface area contributed by atoms with Gasteiger partial charge in [-0.05, 0) is 75.3 Å². The second kappa shape index (κ2) is 11.2. The lowest BCUT2D eigenvalue weighted by atomic mass is 9.94. The number of nitrogens with two attached hydrogens (primary N) is 1. The van der Waals surface area contributed by atoms with Gasteiger partial charge in [0, 0.05) is 16.8 Å². The van der Waals surface area contributed by atoms with Gasteiger partial charge in [-0.25, -0.2) is 0 Å². The zero-order valence-corrected chi connectivity index (χ0v) is 20.2. The van der Waals surface area contributed by atoms with Gasteiger partial charge in [0.05, 0.1) is 21.1 Å². The molecule has 0 aliphatic heterocycles. The fourth-order valence-electron chi connectivity index (χ4n) is 3.03. The van der Waals surface area contributed by atoms with Crippen molar-refractivity contribution >= 4 is 47.9 Å². The quantitative estimate of drug-likeness (QED) is 0.196. The summed E-state index contributed by atoms with van der Waals surface area (Å²) in [6.45, 7) is 1.80. The Kier molecular flexibility index (Phi) is 9.57. The number of benzene rings is 1. The summed E-state index contributed by atoms with van der Waals surface area (Å²) in [5, 5.41) is 1.09. The van der Waals surface area contributed by atoms with Gasteiger partial charge in [-0.1, -0.05) is 29.3 Å². The van der Waals surface area contributed by atoms with Gasteiger partial charge in [0.1, 0.15) is 0 Å². The maximum Gasteiger partial charge on any atom is 0.325 e. The lowest BCUT2D eigenvalue weighted by molar-refractivity contribution is 0.0983. The molecule has 0 aliphatic rings. The van der Waals surface area contributed by atoms with Gasteiger partial charge in [-0.2, -0.15) is 0 Å². The number of ketones is 1. The van der Waals surface area contributed by atoms with Crippen LogP contribution in [0.4, 0.5) is 0 Å². The number of hydrogen-bond donors (Lipinski definition) is 3. The summed E-state index contributed by atoms with van der Waals surface area (Å²) in [5.74, 6) is 0.136. The van der Waals surface area contributed by atoms with E-state index in [9.17, 15) is 9.36 Å². The number of halogens is 2. The number of carbonyl (C=O) groups is 1. The van der Waals surface area contributed by atoms with Crippen LogP contribution in [0.25, 0.3) is 0 Å². The van der Waals surface area contributed by atoms with Crippen LogP contribution >= 0.6 is 42.1 Å². The molecule has 0 bridgehead atoms. The molecule has 0 spiro atoms. The maximum absolute atomic E-state index is 12.4. The van der Waals surface area contributed by atoms with E-state index in [0.717, 1.165) is 34.6 Å².